The summed E-state index contributed by atoms with van der Waals surface area (Å²) in [5, 5.41) is 1.16. The number of benzene rings is 1. The molecule has 168 valence electrons. The third-order valence-corrected chi connectivity index (χ3v) is 6.84. The lowest BCUT2D eigenvalue weighted by Gasteiger charge is -2.29. The smallest absolute Gasteiger partial charge is 0.238 e. The molecule has 1 saturated heterocycles. The molecule has 0 spiro atoms. The molecule has 0 radical (unpaired) electrons. The van der Waals surface area contributed by atoms with Crippen LogP contribution < -0.4 is 0 Å². The van der Waals surface area contributed by atoms with Gasteiger partial charge in [-0.05, 0) is 50.5 Å². The third-order valence-electron chi connectivity index (χ3n) is 5.15. The van der Waals surface area contributed by atoms with Crippen LogP contribution >= 0.6 is 0 Å². The Morgan fingerprint density at radius 1 is 1.19 bits per heavy atom. The van der Waals surface area contributed by atoms with E-state index in [1.807, 2.05) is 30.3 Å². The molecule has 2 aromatic rings. The fraction of sp³-hybridized carbons (Fsp3) is 0.435. The van der Waals surface area contributed by atoms with E-state index in [1.54, 1.807) is 43.2 Å². The second kappa shape index (κ2) is 10.7. The highest BCUT2D eigenvalue weighted by molar-refractivity contribution is 7.92. The first-order valence-electron chi connectivity index (χ1n) is 10.5. The number of carbonyl (C=O) groups excluding carboxylic acids is 1. The Labute approximate surface area is 184 Å². The number of hydrogen-bond acceptors (Lipinski definition) is 5. The molecule has 1 aromatic carbocycles. The van der Waals surface area contributed by atoms with E-state index in [2.05, 4.69) is 0 Å². The molecule has 31 heavy (non-hydrogen) atoms. The van der Waals surface area contributed by atoms with Crippen molar-refractivity contribution in [2.24, 2.45) is 0 Å². The first kappa shape index (κ1) is 23.2. The lowest BCUT2D eigenvalue weighted by Crippen LogP contribution is -2.46. The Kier molecular flexibility index (Phi) is 8.06. The molecule has 1 aliphatic heterocycles. The van der Waals surface area contributed by atoms with Crippen LogP contribution in [-0.2, 0) is 26.1 Å². The van der Waals surface area contributed by atoms with E-state index in [9.17, 15) is 13.2 Å². The highest BCUT2D eigenvalue weighted by Gasteiger charge is 2.29. The molecular weight excluding hydrogens is 416 g/mol. The topological polar surface area (TPSA) is 80.1 Å². The molecule has 1 aliphatic rings. The average Bonchev–Trinajstić information content (AvgIpc) is 3.44. The number of amides is 1. The van der Waals surface area contributed by atoms with Crippen molar-refractivity contribution in [3.05, 3.63) is 65.5 Å². The van der Waals surface area contributed by atoms with Crippen LogP contribution in [0.25, 0.3) is 6.08 Å². The maximum atomic E-state index is 13.2. The van der Waals surface area contributed by atoms with E-state index >= 15 is 0 Å². The molecule has 7 nitrogen and oxygen atoms in total. The van der Waals surface area contributed by atoms with Gasteiger partial charge in [-0.15, -0.1) is 0 Å². The Morgan fingerprint density at radius 2 is 1.97 bits per heavy atom. The second-order valence-corrected chi connectivity index (χ2v) is 9.66. The molecule has 0 aliphatic carbocycles. The first-order chi connectivity index (χ1) is 14.8. The SMILES string of the molecule is CC(C)N(CC(=O)N(Cc1ccco1)CC1CCCO1)S(=O)(=O)/C=C/c1ccccc1. The lowest BCUT2D eigenvalue weighted by atomic mass is 10.2. The van der Waals surface area contributed by atoms with Crippen LogP contribution in [0.2, 0.25) is 0 Å². The minimum absolute atomic E-state index is 0.0407. The van der Waals surface area contributed by atoms with Crippen molar-refractivity contribution in [3.8, 4) is 0 Å². The number of rotatable bonds is 10. The van der Waals surface area contributed by atoms with Gasteiger partial charge in [0.05, 0.1) is 25.5 Å². The van der Waals surface area contributed by atoms with E-state index in [-0.39, 0.29) is 31.1 Å². The quantitative estimate of drug-likeness (QED) is 0.558. The number of sulfonamides is 1. The van der Waals surface area contributed by atoms with Gasteiger partial charge in [0.15, 0.2) is 0 Å². The molecule has 1 amide bonds. The molecule has 3 rings (SSSR count). The van der Waals surface area contributed by atoms with Crippen molar-refractivity contribution in [1.82, 2.24) is 9.21 Å². The number of ether oxygens (including phenoxy) is 1. The largest absolute Gasteiger partial charge is 0.467 e. The number of hydrogen-bond donors (Lipinski definition) is 0. The standard InChI is InChI=1S/C23H30N2O5S/c1-19(2)25(31(27,28)15-12-20-8-4-3-5-9-20)18-23(26)24(16-21-10-6-13-29-21)17-22-11-7-14-30-22/h3-6,8-10,12-13,15,19,22H,7,11,14,16-18H2,1-2H3/b15-12+. The minimum atomic E-state index is -3.79. The Morgan fingerprint density at radius 3 is 2.58 bits per heavy atom. The van der Waals surface area contributed by atoms with E-state index in [0.717, 1.165) is 23.8 Å². The van der Waals surface area contributed by atoms with Gasteiger partial charge < -0.3 is 14.1 Å². The highest BCUT2D eigenvalue weighted by atomic mass is 32.2. The van der Waals surface area contributed by atoms with Crippen molar-refractivity contribution in [2.45, 2.75) is 45.4 Å². The fourth-order valence-corrected chi connectivity index (χ4v) is 4.85. The minimum Gasteiger partial charge on any atom is -0.467 e. The molecular formula is C23H30N2O5S. The summed E-state index contributed by atoms with van der Waals surface area (Å²) in [4.78, 5) is 14.8. The molecule has 1 fully saturated rings. The monoisotopic (exact) mass is 446 g/mol. The Bertz CT molecular complexity index is 949. The van der Waals surface area contributed by atoms with Gasteiger partial charge in [0.25, 0.3) is 0 Å². The summed E-state index contributed by atoms with van der Waals surface area (Å²) in [6.45, 7) is 4.65. The van der Waals surface area contributed by atoms with Crippen LogP contribution in [0, 0.1) is 0 Å². The zero-order valence-electron chi connectivity index (χ0n) is 18.0. The van der Waals surface area contributed by atoms with Crippen LogP contribution in [0.15, 0.2) is 58.6 Å². The van der Waals surface area contributed by atoms with Gasteiger partial charge in [-0.3, -0.25) is 4.79 Å². The summed E-state index contributed by atoms with van der Waals surface area (Å²) in [6, 6.07) is 12.4. The van der Waals surface area contributed by atoms with Gasteiger partial charge in [-0.2, -0.15) is 4.31 Å². The maximum absolute atomic E-state index is 13.2. The molecule has 1 aromatic heterocycles. The van der Waals surface area contributed by atoms with Crippen molar-refractivity contribution >= 4 is 22.0 Å². The zero-order chi connectivity index (χ0) is 22.3. The van der Waals surface area contributed by atoms with Crippen molar-refractivity contribution < 1.29 is 22.4 Å². The number of nitrogens with zero attached hydrogens (tertiary/aromatic N) is 2. The van der Waals surface area contributed by atoms with Gasteiger partial charge in [0.2, 0.25) is 15.9 Å². The fourth-order valence-electron chi connectivity index (χ4n) is 3.49. The van der Waals surface area contributed by atoms with Gasteiger partial charge >= 0.3 is 0 Å². The van der Waals surface area contributed by atoms with Crippen LogP contribution in [0.3, 0.4) is 0 Å². The summed E-state index contributed by atoms with van der Waals surface area (Å²) < 4.78 is 38.3. The van der Waals surface area contributed by atoms with E-state index in [4.69, 9.17) is 9.15 Å². The predicted octanol–water partition coefficient (Wildman–Crippen LogP) is 3.50. The molecule has 0 saturated carbocycles. The van der Waals surface area contributed by atoms with E-state index in [1.165, 1.54) is 4.31 Å². The summed E-state index contributed by atoms with van der Waals surface area (Å²) in [7, 11) is -3.79. The molecule has 1 atom stereocenters. The Hall–Kier alpha value is -2.42. The van der Waals surface area contributed by atoms with Crippen LogP contribution in [0.4, 0.5) is 0 Å². The van der Waals surface area contributed by atoms with E-state index < -0.39 is 10.0 Å². The van der Waals surface area contributed by atoms with E-state index in [0.29, 0.717) is 18.9 Å². The number of furan rings is 1. The molecule has 8 heteroatoms. The first-order valence-corrected chi connectivity index (χ1v) is 12.0. The summed E-state index contributed by atoms with van der Waals surface area (Å²) in [5.74, 6) is 0.367. The van der Waals surface area contributed by atoms with Gasteiger partial charge in [0.1, 0.15) is 5.76 Å². The molecule has 2 heterocycles. The molecule has 0 N–H and O–H groups in total. The molecule has 0 bridgehead atoms. The second-order valence-electron chi connectivity index (χ2n) is 7.89. The summed E-state index contributed by atoms with van der Waals surface area (Å²) in [5.41, 5.74) is 0.777. The Balaban J connectivity index is 1.74. The number of carbonyl (C=O) groups is 1. The maximum Gasteiger partial charge on any atom is 0.238 e. The van der Waals surface area contributed by atoms with Crippen molar-refractivity contribution in [3.63, 3.8) is 0 Å². The van der Waals surface area contributed by atoms with Crippen molar-refractivity contribution in [1.29, 1.82) is 0 Å². The van der Waals surface area contributed by atoms with Gasteiger partial charge in [0, 0.05) is 24.6 Å². The van der Waals surface area contributed by atoms with Crippen molar-refractivity contribution in [2.75, 3.05) is 19.7 Å². The summed E-state index contributed by atoms with van der Waals surface area (Å²) in [6.07, 6.45) is 4.91. The lowest BCUT2D eigenvalue weighted by molar-refractivity contribution is -0.134. The molecule has 1 unspecified atom stereocenters. The predicted molar refractivity (Wildman–Crippen MR) is 119 cm³/mol. The van der Waals surface area contributed by atoms with Crippen LogP contribution in [0.5, 0.6) is 0 Å². The van der Waals surface area contributed by atoms with Gasteiger partial charge in [-0.1, -0.05) is 30.3 Å². The highest BCUT2D eigenvalue weighted by Crippen LogP contribution is 2.17. The van der Waals surface area contributed by atoms with Gasteiger partial charge in [-0.25, -0.2) is 8.42 Å². The summed E-state index contributed by atoms with van der Waals surface area (Å²) >= 11 is 0. The normalized spacial score (nSPS) is 17.1. The van der Waals surface area contributed by atoms with Crippen LogP contribution in [0.1, 0.15) is 38.0 Å². The average molecular weight is 447 g/mol. The zero-order valence-corrected chi connectivity index (χ0v) is 18.8. The third kappa shape index (κ3) is 6.78. The van der Waals surface area contributed by atoms with Crippen LogP contribution in [-0.4, -0.2) is 55.4 Å².